The Bertz CT molecular complexity index is 163. The van der Waals surface area contributed by atoms with Crippen molar-refractivity contribution >= 4 is 0 Å². The van der Waals surface area contributed by atoms with Crippen molar-refractivity contribution in [3.8, 4) is 0 Å². The van der Waals surface area contributed by atoms with Crippen LogP contribution in [0.25, 0.3) is 0 Å². The first kappa shape index (κ1) is 16.0. The summed E-state index contributed by atoms with van der Waals surface area (Å²) in [4.78, 5) is 2.47. The van der Waals surface area contributed by atoms with E-state index in [0.717, 1.165) is 5.92 Å². The van der Waals surface area contributed by atoms with Gasteiger partial charge in [0.25, 0.3) is 0 Å². The van der Waals surface area contributed by atoms with Crippen molar-refractivity contribution in [3.63, 3.8) is 0 Å². The summed E-state index contributed by atoms with van der Waals surface area (Å²) < 4.78 is 0. The highest BCUT2D eigenvalue weighted by atomic mass is 15.1. The van der Waals surface area contributed by atoms with Gasteiger partial charge in [0.05, 0.1) is 0 Å². The number of hydrogen-bond donors (Lipinski definition) is 0. The maximum atomic E-state index is 2.47. The minimum atomic E-state index is 0.497. The van der Waals surface area contributed by atoms with Crippen molar-refractivity contribution in [2.75, 3.05) is 20.1 Å². The van der Waals surface area contributed by atoms with Gasteiger partial charge in [-0.05, 0) is 44.3 Å². The van der Waals surface area contributed by atoms with Crippen LogP contribution < -0.4 is 0 Å². The maximum Gasteiger partial charge on any atom is -0.00166 e. The van der Waals surface area contributed by atoms with Crippen LogP contribution >= 0.6 is 0 Å². The minimum Gasteiger partial charge on any atom is -0.306 e. The lowest BCUT2D eigenvalue weighted by Gasteiger charge is -2.33. The highest BCUT2D eigenvalue weighted by Gasteiger charge is 2.25. The smallest absolute Gasteiger partial charge is 0.00166 e. The molecule has 0 aromatic heterocycles. The van der Waals surface area contributed by atoms with Crippen molar-refractivity contribution in [2.45, 2.75) is 66.7 Å². The number of hydrogen-bond acceptors (Lipinski definition) is 1. The van der Waals surface area contributed by atoms with E-state index in [1.165, 1.54) is 45.2 Å². The van der Waals surface area contributed by atoms with E-state index >= 15 is 0 Å². The predicted octanol–water partition coefficient (Wildman–Crippen LogP) is 4.57. The van der Waals surface area contributed by atoms with Gasteiger partial charge in [-0.15, -0.1) is 0 Å². The Kier molecular flexibility index (Phi) is 8.09. The van der Waals surface area contributed by atoms with E-state index in [4.69, 9.17) is 0 Å². The van der Waals surface area contributed by atoms with Crippen LogP contribution in [0, 0.1) is 11.3 Å². The standard InChI is InChI=1S/C15H33N/c1-7-9-10-14(3)15(4,5)11-13-16(6)12-8-2/h14H,7-13H2,1-6H3. The molecule has 1 atom stereocenters. The average molecular weight is 227 g/mol. The Morgan fingerprint density at radius 1 is 1.06 bits per heavy atom. The van der Waals surface area contributed by atoms with Crippen LogP contribution in [-0.2, 0) is 0 Å². The fraction of sp³-hybridized carbons (Fsp3) is 1.00. The summed E-state index contributed by atoms with van der Waals surface area (Å²) in [5, 5.41) is 0. The van der Waals surface area contributed by atoms with E-state index in [1.807, 2.05) is 0 Å². The Balaban J connectivity index is 3.92. The van der Waals surface area contributed by atoms with Crippen LogP contribution in [-0.4, -0.2) is 25.0 Å². The molecule has 0 heterocycles. The molecule has 0 aromatic carbocycles. The Morgan fingerprint density at radius 2 is 1.69 bits per heavy atom. The van der Waals surface area contributed by atoms with Gasteiger partial charge in [-0.1, -0.05) is 53.9 Å². The molecule has 0 aliphatic heterocycles. The molecule has 1 unspecified atom stereocenters. The molecule has 98 valence electrons. The molecule has 0 spiro atoms. The van der Waals surface area contributed by atoms with Gasteiger partial charge in [-0.2, -0.15) is 0 Å². The highest BCUT2D eigenvalue weighted by Crippen LogP contribution is 2.33. The fourth-order valence-corrected chi connectivity index (χ4v) is 2.12. The quantitative estimate of drug-likeness (QED) is 0.557. The molecule has 0 saturated carbocycles. The molecule has 16 heavy (non-hydrogen) atoms. The number of nitrogens with zero attached hydrogens (tertiary/aromatic N) is 1. The number of rotatable bonds is 9. The molecule has 0 N–H and O–H groups in total. The van der Waals surface area contributed by atoms with Crippen molar-refractivity contribution < 1.29 is 0 Å². The zero-order valence-corrected chi connectivity index (χ0v) is 12.5. The van der Waals surface area contributed by atoms with Crippen molar-refractivity contribution in [1.29, 1.82) is 0 Å². The minimum absolute atomic E-state index is 0.497. The maximum absolute atomic E-state index is 2.47. The molecular formula is C15H33N. The van der Waals surface area contributed by atoms with Gasteiger partial charge in [-0.25, -0.2) is 0 Å². The molecule has 1 nitrogen and oxygen atoms in total. The average Bonchev–Trinajstić information content (AvgIpc) is 2.23. The van der Waals surface area contributed by atoms with Crippen molar-refractivity contribution in [3.05, 3.63) is 0 Å². The van der Waals surface area contributed by atoms with Crippen molar-refractivity contribution in [1.82, 2.24) is 4.90 Å². The molecule has 0 amide bonds. The molecule has 0 bridgehead atoms. The molecule has 0 fully saturated rings. The first-order valence-electron chi connectivity index (χ1n) is 7.12. The molecule has 1 heteroatoms. The second-order valence-electron chi connectivity index (χ2n) is 6.09. The largest absolute Gasteiger partial charge is 0.306 e. The normalized spacial score (nSPS) is 14.4. The summed E-state index contributed by atoms with van der Waals surface area (Å²) in [7, 11) is 2.25. The summed E-state index contributed by atoms with van der Waals surface area (Å²) in [5.41, 5.74) is 0.497. The third-order valence-electron chi connectivity index (χ3n) is 4.07. The molecule has 0 aliphatic carbocycles. The Labute approximate surface area is 104 Å². The third kappa shape index (κ3) is 6.52. The molecule has 0 radical (unpaired) electrons. The third-order valence-corrected chi connectivity index (χ3v) is 4.07. The van der Waals surface area contributed by atoms with Crippen LogP contribution in [0.1, 0.15) is 66.7 Å². The lowest BCUT2D eigenvalue weighted by Crippen LogP contribution is -2.29. The van der Waals surface area contributed by atoms with Gasteiger partial charge in [0.2, 0.25) is 0 Å². The summed E-state index contributed by atoms with van der Waals surface area (Å²) >= 11 is 0. The van der Waals surface area contributed by atoms with Gasteiger partial charge in [0.1, 0.15) is 0 Å². The van der Waals surface area contributed by atoms with Gasteiger partial charge < -0.3 is 4.90 Å². The summed E-state index contributed by atoms with van der Waals surface area (Å²) in [6.07, 6.45) is 6.70. The Hall–Kier alpha value is -0.0400. The van der Waals surface area contributed by atoms with Crippen LogP contribution in [0.15, 0.2) is 0 Å². The SMILES string of the molecule is CCCCC(C)C(C)(C)CCN(C)CCC. The molecule has 0 aliphatic rings. The Morgan fingerprint density at radius 3 is 2.19 bits per heavy atom. The van der Waals surface area contributed by atoms with E-state index in [0.29, 0.717) is 5.41 Å². The molecular weight excluding hydrogens is 194 g/mol. The summed E-state index contributed by atoms with van der Waals surface area (Å²) in [6, 6.07) is 0. The van der Waals surface area contributed by atoms with Crippen molar-refractivity contribution in [2.24, 2.45) is 11.3 Å². The van der Waals surface area contributed by atoms with E-state index < -0.39 is 0 Å². The predicted molar refractivity (Wildman–Crippen MR) is 74.9 cm³/mol. The second kappa shape index (κ2) is 8.11. The van der Waals surface area contributed by atoms with Crippen LogP contribution in [0.3, 0.4) is 0 Å². The highest BCUT2D eigenvalue weighted by molar-refractivity contribution is 4.76. The first-order valence-corrected chi connectivity index (χ1v) is 7.12. The van der Waals surface area contributed by atoms with Gasteiger partial charge >= 0.3 is 0 Å². The van der Waals surface area contributed by atoms with Crippen LogP contribution in [0.2, 0.25) is 0 Å². The summed E-state index contributed by atoms with van der Waals surface area (Å²) in [5.74, 6) is 0.850. The van der Waals surface area contributed by atoms with Gasteiger partial charge in [0, 0.05) is 0 Å². The van der Waals surface area contributed by atoms with E-state index in [1.54, 1.807) is 0 Å². The lowest BCUT2D eigenvalue weighted by molar-refractivity contribution is 0.167. The molecule has 0 saturated heterocycles. The monoisotopic (exact) mass is 227 g/mol. The fourth-order valence-electron chi connectivity index (χ4n) is 2.12. The zero-order valence-electron chi connectivity index (χ0n) is 12.5. The first-order chi connectivity index (χ1) is 7.44. The van der Waals surface area contributed by atoms with E-state index in [9.17, 15) is 0 Å². The van der Waals surface area contributed by atoms with Crippen LogP contribution in [0.5, 0.6) is 0 Å². The van der Waals surface area contributed by atoms with Gasteiger partial charge in [-0.3, -0.25) is 0 Å². The second-order valence-corrected chi connectivity index (χ2v) is 6.09. The molecule has 0 aromatic rings. The summed E-state index contributed by atoms with van der Waals surface area (Å²) in [6.45, 7) is 14.3. The van der Waals surface area contributed by atoms with E-state index in [2.05, 4.69) is 46.6 Å². The van der Waals surface area contributed by atoms with E-state index in [-0.39, 0.29) is 0 Å². The topological polar surface area (TPSA) is 3.24 Å². The zero-order chi connectivity index (χ0) is 12.6. The molecule has 0 rings (SSSR count). The lowest BCUT2D eigenvalue weighted by atomic mass is 9.75. The van der Waals surface area contributed by atoms with Gasteiger partial charge in [0.15, 0.2) is 0 Å². The number of unbranched alkanes of at least 4 members (excludes halogenated alkanes) is 1. The van der Waals surface area contributed by atoms with Crippen LogP contribution in [0.4, 0.5) is 0 Å².